The lowest BCUT2D eigenvalue weighted by Crippen LogP contribution is -2.19. The Bertz CT molecular complexity index is 672. The molecule has 2 heterocycles. The van der Waals surface area contributed by atoms with Crippen molar-refractivity contribution in [2.24, 2.45) is 0 Å². The average Bonchev–Trinajstić information content (AvgIpc) is 2.82. The Hall–Kier alpha value is -1.01. The molecule has 114 valence electrons. The van der Waals surface area contributed by atoms with Crippen LogP contribution < -0.4 is 0 Å². The monoisotopic (exact) mass is 358 g/mol. The second kappa shape index (κ2) is 5.32. The molecule has 1 fully saturated rings. The molecule has 3 nitrogen and oxygen atoms in total. The third-order valence-corrected chi connectivity index (χ3v) is 4.73. The van der Waals surface area contributed by atoms with Crippen molar-refractivity contribution in [3.8, 4) is 0 Å². The molecule has 1 aromatic heterocycles. The summed E-state index contributed by atoms with van der Waals surface area (Å²) in [6.45, 7) is 3.34. The number of rotatable bonds is 2. The van der Waals surface area contributed by atoms with Crippen LogP contribution >= 0.6 is 15.9 Å². The number of fused-ring (bicyclic) bond motifs is 1. The summed E-state index contributed by atoms with van der Waals surface area (Å²) in [5, 5.41) is 5.06. The molecule has 1 aliphatic rings. The van der Waals surface area contributed by atoms with Crippen LogP contribution in [0.2, 0.25) is 0 Å². The molecule has 0 spiro atoms. The fraction of sp³-hybridized carbons (Fsp3) is 0.533. The Kier molecular flexibility index (Phi) is 3.78. The average molecular weight is 359 g/mol. The number of alkyl halides is 2. The van der Waals surface area contributed by atoms with Gasteiger partial charge in [-0.05, 0) is 53.7 Å². The molecule has 1 atom stereocenters. The van der Waals surface area contributed by atoms with E-state index in [0.29, 0.717) is 15.4 Å². The molecular formula is C15H17BrF2N2O. The van der Waals surface area contributed by atoms with Crippen LogP contribution in [0.4, 0.5) is 8.78 Å². The highest BCUT2D eigenvalue weighted by molar-refractivity contribution is 9.10. The molecule has 21 heavy (non-hydrogen) atoms. The minimum absolute atomic E-state index is 0.0270. The Morgan fingerprint density at radius 1 is 1.43 bits per heavy atom. The minimum atomic E-state index is -2.89. The zero-order valence-electron chi connectivity index (χ0n) is 12.0. The molecule has 0 saturated carbocycles. The summed E-state index contributed by atoms with van der Waals surface area (Å²) < 4.78 is 35.5. The first-order chi connectivity index (χ1) is 9.89. The third-order valence-electron chi connectivity index (χ3n) is 3.90. The Labute approximate surface area is 130 Å². The summed E-state index contributed by atoms with van der Waals surface area (Å²) in [5.41, 5.74) is 1.41. The van der Waals surface area contributed by atoms with E-state index >= 15 is 0 Å². The number of benzene rings is 1. The molecule has 0 bridgehead atoms. The molecule has 1 saturated heterocycles. The van der Waals surface area contributed by atoms with Crippen LogP contribution in [0.15, 0.2) is 16.7 Å². The third kappa shape index (κ3) is 2.59. The van der Waals surface area contributed by atoms with Crippen molar-refractivity contribution in [1.82, 2.24) is 9.78 Å². The molecule has 0 N–H and O–H groups in total. The van der Waals surface area contributed by atoms with Gasteiger partial charge in [0.25, 0.3) is 5.92 Å². The Morgan fingerprint density at radius 3 is 2.81 bits per heavy atom. The van der Waals surface area contributed by atoms with Crippen molar-refractivity contribution >= 4 is 26.8 Å². The first-order valence-electron chi connectivity index (χ1n) is 7.06. The van der Waals surface area contributed by atoms with Gasteiger partial charge in [0, 0.05) is 29.0 Å². The lowest BCUT2D eigenvalue weighted by molar-refractivity contribution is -0.0366. The quantitative estimate of drug-likeness (QED) is 0.761. The molecule has 3 rings (SSSR count). The SMILES string of the molecule is Cc1cc2c(cnn2C2CCCCO2)c(Br)c1C(C)(F)F. The van der Waals surface area contributed by atoms with Gasteiger partial charge in [-0.25, -0.2) is 13.5 Å². The predicted octanol–water partition coefficient (Wildman–Crippen LogP) is 4.92. The van der Waals surface area contributed by atoms with E-state index in [2.05, 4.69) is 21.0 Å². The standard InChI is InChI=1S/C15H17BrF2N2O/c1-9-7-11-10(14(16)13(9)15(2,17)18)8-19-20(11)12-5-3-4-6-21-12/h7-8,12H,3-6H2,1-2H3. The zero-order valence-corrected chi connectivity index (χ0v) is 13.6. The van der Waals surface area contributed by atoms with Gasteiger partial charge in [0.15, 0.2) is 6.23 Å². The van der Waals surface area contributed by atoms with E-state index in [1.807, 2.05) is 4.68 Å². The van der Waals surface area contributed by atoms with E-state index in [-0.39, 0.29) is 11.8 Å². The van der Waals surface area contributed by atoms with Gasteiger partial charge in [0.1, 0.15) is 0 Å². The summed E-state index contributed by atoms with van der Waals surface area (Å²) in [4.78, 5) is 0. The lowest BCUT2D eigenvalue weighted by atomic mass is 10.0. The van der Waals surface area contributed by atoms with E-state index in [0.717, 1.165) is 38.3 Å². The van der Waals surface area contributed by atoms with Crippen LogP contribution in [0.25, 0.3) is 10.9 Å². The second-order valence-corrected chi connectivity index (χ2v) is 6.41. The fourth-order valence-electron chi connectivity index (χ4n) is 2.95. The summed E-state index contributed by atoms with van der Waals surface area (Å²) in [6.07, 6.45) is 4.59. The molecule has 6 heteroatoms. The molecule has 0 amide bonds. The van der Waals surface area contributed by atoms with Gasteiger partial charge in [0.05, 0.1) is 11.7 Å². The summed E-state index contributed by atoms with van der Waals surface area (Å²) in [6, 6.07) is 1.78. The van der Waals surface area contributed by atoms with E-state index in [1.165, 1.54) is 0 Å². The van der Waals surface area contributed by atoms with E-state index < -0.39 is 5.92 Å². The van der Waals surface area contributed by atoms with Crippen molar-refractivity contribution in [1.29, 1.82) is 0 Å². The molecule has 2 aromatic rings. The van der Waals surface area contributed by atoms with Gasteiger partial charge in [-0.1, -0.05) is 0 Å². The summed E-state index contributed by atoms with van der Waals surface area (Å²) in [5.74, 6) is -2.89. The maximum atomic E-state index is 13.8. The molecule has 0 aliphatic carbocycles. The summed E-state index contributed by atoms with van der Waals surface area (Å²) >= 11 is 3.33. The Balaban J connectivity index is 2.15. The van der Waals surface area contributed by atoms with Crippen molar-refractivity contribution in [3.63, 3.8) is 0 Å². The summed E-state index contributed by atoms with van der Waals surface area (Å²) in [7, 11) is 0. The van der Waals surface area contributed by atoms with Gasteiger partial charge < -0.3 is 4.74 Å². The number of halogens is 3. The Morgan fingerprint density at radius 2 is 2.19 bits per heavy atom. The number of ether oxygens (including phenoxy) is 1. The van der Waals surface area contributed by atoms with Crippen LogP contribution in [0.5, 0.6) is 0 Å². The van der Waals surface area contributed by atoms with E-state index in [4.69, 9.17) is 4.74 Å². The number of aryl methyl sites for hydroxylation is 1. The van der Waals surface area contributed by atoms with Crippen LogP contribution in [0.3, 0.4) is 0 Å². The van der Waals surface area contributed by atoms with Gasteiger partial charge in [-0.15, -0.1) is 0 Å². The highest BCUT2D eigenvalue weighted by Crippen LogP contribution is 2.40. The normalized spacial score (nSPS) is 20.1. The number of hydrogen-bond acceptors (Lipinski definition) is 2. The van der Waals surface area contributed by atoms with Crippen LogP contribution in [-0.4, -0.2) is 16.4 Å². The first kappa shape index (κ1) is 14.9. The van der Waals surface area contributed by atoms with Gasteiger partial charge in [0.2, 0.25) is 0 Å². The van der Waals surface area contributed by atoms with Gasteiger partial charge >= 0.3 is 0 Å². The number of hydrogen-bond donors (Lipinski definition) is 0. The second-order valence-electron chi connectivity index (χ2n) is 5.61. The molecule has 1 aromatic carbocycles. The minimum Gasteiger partial charge on any atom is -0.356 e. The molecule has 1 aliphatic heterocycles. The maximum absolute atomic E-state index is 13.8. The number of nitrogens with zero attached hydrogens (tertiary/aromatic N) is 2. The van der Waals surface area contributed by atoms with Gasteiger partial charge in [-0.3, -0.25) is 0 Å². The topological polar surface area (TPSA) is 27.1 Å². The highest BCUT2D eigenvalue weighted by Gasteiger charge is 2.31. The largest absolute Gasteiger partial charge is 0.356 e. The van der Waals surface area contributed by atoms with Crippen LogP contribution in [-0.2, 0) is 10.7 Å². The predicted molar refractivity (Wildman–Crippen MR) is 80.6 cm³/mol. The molecular weight excluding hydrogens is 342 g/mol. The smallest absolute Gasteiger partial charge is 0.271 e. The highest BCUT2D eigenvalue weighted by atomic mass is 79.9. The first-order valence-corrected chi connectivity index (χ1v) is 7.85. The number of aromatic nitrogens is 2. The lowest BCUT2D eigenvalue weighted by Gasteiger charge is -2.24. The van der Waals surface area contributed by atoms with E-state index in [1.54, 1.807) is 19.2 Å². The maximum Gasteiger partial charge on any atom is 0.271 e. The van der Waals surface area contributed by atoms with Gasteiger partial charge in [-0.2, -0.15) is 5.10 Å². The van der Waals surface area contributed by atoms with Crippen LogP contribution in [0, 0.1) is 6.92 Å². The van der Waals surface area contributed by atoms with Crippen molar-refractivity contribution in [3.05, 3.63) is 27.9 Å². The van der Waals surface area contributed by atoms with Crippen molar-refractivity contribution in [2.45, 2.75) is 45.3 Å². The van der Waals surface area contributed by atoms with Crippen LogP contribution in [0.1, 0.15) is 43.5 Å². The van der Waals surface area contributed by atoms with Crippen molar-refractivity contribution in [2.75, 3.05) is 6.61 Å². The van der Waals surface area contributed by atoms with E-state index in [9.17, 15) is 8.78 Å². The zero-order chi connectivity index (χ0) is 15.2. The van der Waals surface area contributed by atoms with Crippen molar-refractivity contribution < 1.29 is 13.5 Å². The fourth-order valence-corrected chi connectivity index (χ4v) is 3.92. The molecule has 0 radical (unpaired) electrons. The molecule has 1 unspecified atom stereocenters.